The fourth-order valence-corrected chi connectivity index (χ4v) is 2.32. The molecule has 0 bridgehead atoms. The molecule has 0 radical (unpaired) electrons. The molecule has 0 aliphatic heterocycles. The molecule has 2 heterocycles. The Bertz CT molecular complexity index is 762. The zero-order chi connectivity index (χ0) is 14.1. The lowest BCUT2D eigenvalue weighted by Gasteiger charge is -2.07. The number of aryl methyl sites for hydroxylation is 2. The molecule has 0 spiro atoms. The molecule has 0 saturated heterocycles. The number of hydrogen-bond donors (Lipinski definition) is 1. The second-order valence-corrected chi connectivity index (χ2v) is 4.72. The predicted octanol–water partition coefficient (Wildman–Crippen LogP) is 3.60. The van der Waals surface area contributed by atoms with Gasteiger partial charge < -0.3 is 10.3 Å². The molecule has 0 amide bonds. The van der Waals surface area contributed by atoms with Gasteiger partial charge in [-0.1, -0.05) is 29.4 Å². The van der Waals surface area contributed by atoms with Crippen molar-refractivity contribution in [3.05, 3.63) is 53.9 Å². The summed E-state index contributed by atoms with van der Waals surface area (Å²) in [6, 6.07) is 11.9. The lowest BCUT2D eigenvalue weighted by Crippen LogP contribution is -1.92. The number of pyridine rings is 1. The number of nitrogens with two attached hydrogens (primary N) is 1. The molecule has 2 aromatic heterocycles. The third-order valence-electron chi connectivity index (χ3n) is 3.38. The SMILES string of the molecule is Cc1ccccc1-c1c(N)noc1-c1cccnc1C. The van der Waals surface area contributed by atoms with Crippen molar-refractivity contribution in [3.8, 4) is 22.5 Å². The fraction of sp³-hybridized carbons (Fsp3) is 0.125. The van der Waals surface area contributed by atoms with Gasteiger partial charge in [0.1, 0.15) is 0 Å². The van der Waals surface area contributed by atoms with Gasteiger partial charge in [-0.3, -0.25) is 4.98 Å². The first-order valence-electron chi connectivity index (χ1n) is 6.41. The van der Waals surface area contributed by atoms with Crippen LogP contribution in [0.15, 0.2) is 47.1 Å². The minimum absolute atomic E-state index is 0.401. The number of nitrogen functional groups attached to an aromatic ring is 1. The minimum Gasteiger partial charge on any atom is -0.380 e. The Kier molecular flexibility index (Phi) is 2.99. The van der Waals surface area contributed by atoms with Crippen LogP contribution in [0.25, 0.3) is 22.5 Å². The average Bonchev–Trinajstić information content (AvgIpc) is 2.82. The molecule has 2 N–H and O–H groups in total. The zero-order valence-corrected chi connectivity index (χ0v) is 11.4. The van der Waals surface area contributed by atoms with E-state index in [-0.39, 0.29) is 0 Å². The predicted molar refractivity (Wildman–Crippen MR) is 79.1 cm³/mol. The number of rotatable bonds is 2. The van der Waals surface area contributed by atoms with E-state index < -0.39 is 0 Å². The highest BCUT2D eigenvalue weighted by Crippen LogP contribution is 2.38. The van der Waals surface area contributed by atoms with Gasteiger partial charge in [0, 0.05) is 17.5 Å². The molecule has 0 unspecified atom stereocenters. The topological polar surface area (TPSA) is 64.9 Å². The molecule has 0 aliphatic carbocycles. The quantitative estimate of drug-likeness (QED) is 0.768. The molecule has 0 atom stereocenters. The molecular formula is C16H15N3O. The normalized spacial score (nSPS) is 10.7. The summed E-state index contributed by atoms with van der Waals surface area (Å²) >= 11 is 0. The van der Waals surface area contributed by atoms with Crippen molar-refractivity contribution in [2.24, 2.45) is 0 Å². The summed E-state index contributed by atoms with van der Waals surface area (Å²) < 4.78 is 5.46. The van der Waals surface area contributed by atoms with Crippen LogP contribution in [0.1, 0.15) is 11.3 Å². The maximum absolute atomic E-state index is 6.00. The van der Waals surface area contributed by atoms with Gasteiger partial charge in [0.2, 0.25) is 0 Å². The second-order valence-electron chi connectivity index (χ2n) is 4.72. The highest BCUT2D eigenvalue weighted by molar-refractivity contribution is 5.88. The van der Waals surface area contributed by atoms with E-state index in [2.05, 4.69) is 10.1 Å². The molecule has 1 aromatic carbocycles. The molecule has 3 rings (SSSR count). The van der Waals surface area contributed by atoms with Gasteiger partial charge in [-0.2, -0.15) is 0 Å². The van der Waals surface area contributed by atoms with Crippen LogP contribution in [-0.4, -0.2) is 10.1 Å². The molecule has 4 nitrogen and oxygen atoms in total. The molecule has 20 heavy (non-hydrogen) atoms. The summed E-state index contributed by atoms with van der Waals surface area (Å²) in [6.07, 6.45) is 1.76. The summed E-state index contributed by atoms with van der Waals surface area (Å²) in [6.45, 7) is 3.98. The maximum atomic E-state index is 6.00. The van der Waals surface area contributed by atoms with Crippen molar-refractivity contribution in [2.75, 3.05) is 5.73 Å². The summed E-state index contributed by atoms with van der Waals surface area (Å²) in [4.78, 5) is 4.29. The van der Waals surface area contributed by atoms with Crippen LogP contribution < -0.4 is 5.73 Å². The number of benzene rings is 1. The number of aromatic nitrogens is 2. The highest BCUT2D eigenvalue weighted by Gasteiger charge is 2.20. The summed E-state index contributed by atoms with van der Waals surface area (Å²) in [5.74, 6) is 1.07. The zero-order valence-electron chi connectivity index (χ0n) is 11.4. The van der Waals surface area contributed by atoms with Crippen LogP contribution in [0.5, 0.6) is 0 Å². The van der Waals surface area contributed by atoms with Gasteiger partial charge in [-0.25, -0.2) is 0 Å². The second kappa shape index (κ2) is 4.81. The molecule has 4 heteroatoms. The lowest BCUT2D eigenvalue weighted by molar-refractivity contribution is 0.435. The summed E-state index contributed by atoms with van der Waals surface area (Å²) in [7, 11) is 0. The Labute approximate surface area is 117 Å². The molecule has 100 valence electrons. The van der Waals surface area contributed by atoms with Gasteiger partial charge in [0.15, 0.2) is 11.6 Å². The summed E-state index contributed by atoms with van der Waals surface area (Å²) in [5.41, 5.74) is 10.8. The van der Waals surface area contributed by atoms with Crippen LogP contribution in [0, 0.1) is 13.8 Å². The molecule has 0 saturated carbocycles. The van der Waals surface area contributed by atoms with Crippen molar-refractivity contribution in [3.63, 3.8) is 0 Å². The average molecular weight is 265 g/mol. The van der Waals surface area contributed by atoms with E-state index in [0.717, 1.165) is 27.9 Å². The van der Waals surface area contributed by atoms with Crippen LogP contribution in [0.2, 0.25) is 0 Å². The number of anilines is 1. The highest BCUT2D eigenvalue weighted by atomic mass is 16.5. The minimum atomic E-state index is 0.401. The monoisotopic (exact) mass is 265 g/mol. The van der Waals surface area contributed by atoms with E-state index in [1.54, 1.807) is 6.20 Å². The molecule has 0 aliphatic rings. The van der Waals surface area contributed by atoms with Gasteiger partial charge in [0.25, 0.3) is 0 Å². The van der Waals surface area contributed by atoms with E-state index in [4.69, 9.17) is 10.3 Å². The first-order valence-corrected chi connectivity index (χ1v) is 6.41. The van der Waals surface area contributed by atoms with E-state index in [0.29, 0.717) is 11.6 Å². The van der Waals surface area contributed by atoms with Crippen molar-refractivity contribution >= 4 is 5.82 Å². The Balaban J connectivity index is 2.26. The van der Waals surface area contributed by atoms with Gasteiger partial charge in [-0.05, 0) is 37.1 Å². The van der Waals surface area contributed by atoms with Crippen molar-refractivity contribution in [2.45, 2.75) is 13.8 Å². The van der Waals surface area contributed by atoms with Crippen LogP contribution in [-0.2, 0) is 0 Å². The number of hydrogen-bond acceptors (Lipinski definition) is 4. The van der Waals surface area contributed by atoms with E-state index in [1.807, 2.05) is 50.2 Å². The van der Waals surface area contributed by atoms with E-state index in [9.17, 15) is 0 Å². The van der Waals surface area contributed by atoms with E-state index in [1.165, 1.54) is 0 Å². The molecule has 0 fully saturated rings. The molecular weight excluding hydrogens is 250 g/mol. The van der Waals surface area contributed by atoms with Crippen LogP contribution in [0.4, 0.5) is 5.82 Å². The first kappa shape index (κ1) is 12.4. The Morgan fingerprint density at radius 2 is 1.75 bits per heavy atom. The lowest BCUT2D eigenvalue weighted by atomic mass is 9.97. The van der Waals surface area contributed by atoms with Crippen molar-refractivity contribution in [1.82, 2.24) is 10.1 Å². The smallest absolute Gasteiger partial charge is 0.178 e. The van der Waals surface area contributed by atoms with Gasteiger partial charge in [-0.15, -0.1) is 0 Å². The number of nitrogens with zero attached hydrogens (tertiary/aromatic N) is 2. The Morgan fingerprint density at radius 1 is 1.00 bits per heavy atom. The maximum Gasteiger partial charge on any atom is 0.178 e. The fourth-order valence-electron chi connectivity index (χ4n) is 2.32. The van der Waals surface area contributed by atoms with Gasteiger partial charge >= 0.3 is 0 Å². The largest absolute Gasteiger partial charge is 0.380 e. The van der Waals surface area contributed by atoms with Crippen LogP contribution >= 0.6 is 0 Å². The van der Waals surface area contributed by atoms with Crippen molar-refractivity contribution < 1.29 is 4.52 Å². The van der Waals surface area contributed by atoms with Crippen LogP contribution in [0.3, 0.4) is 0 Å². The Hall–Kier alpha value is -2.62. The van der Waals surface area contributed by atoms with E-state index >= 15 is 0 Å². The third kappa shape index (κ3) is 1.95. The molecule has 3 aromatic rings. The third-order valence-corrected chi connectivity index (χ3v) is 3.38. The standard InChI is InChI=1S/C16H15N3O/c1-10-6-3-4-7-12(10)14-15(20-19-16(14)17)13-8-5-9-18-11(13)2/h3-9H,1-2H3,(H2,17,19). The Morgan fingerprint density at radius 3 is 2.50 bits per heavy atom. The first-order chi connectivity index (χ1) is 9.68. The van der Waals surface area contributed by atoms with Gasteiger partial charge in [0.05, 0.1) is 5.56 Å². The van der Waals surface area contributed by atoms with Crippen molar-refractivity contribution in [1.29, 1.82) is 0 Å². The summed E-state index contributed by atoms with van der Waals surface area (Å²) in [5, 5.41) is 3.93.